The van der Waals surface area contributed by atoms with Crippen molar-refractivity contribution < 1.29 is 13.9 Å². The van der Waals surface area contributed by atoms with Gasteiger partial charge in [-0.25, -0.2) is 4.39 Å². The van der Waals surface area contributed by atoms with E-state index >= 15 is 0 Å². The maximum atomic E-state index is 13.8. The molecule has 1 atom stereocenters. The first kappa shape index (κ1) is 14.5. The molecule has 4 nitrogen and oxygen atoms in total. The van der Waals surface area contributed by atoms with Crippen LogP contribution >= 0.6 is 11.8 Å². The second-order valence-electron chi connectivity index (χ2n) is 6.58. The van der Waals surface area contributed by atoms with Gasteiger partial charge in [0.05, 0.1) is 23.2 Å². The van der Waals surface area contributed by atoms with Crippen LogP contribution in [-0.4, -0.2) is 51.2 Å². The fraction of sp³-hybridized carbons (Fsp3) is 0.625. The Kier molecular flexibility index (Phi) is 3.42. The summed E-state index contributed by atoms with van der Waals surface area (Å²) in [7, 11) is 0. The lowest BCUT2D eigenvalue weighted by Crippen LogP contribution is -2.62. The Hall–Kier alpha value is -1.14. The first-order valence-corrected chi connectivity index (χ1v) is 8.71. The number of ether oxygens (including phenoxy) is 1. The Morgan fingerprint density at radius 1 is 1.45 bits per heavy atom. The quantitative estimate of drug-likeness (QED) is 0.852. The highest BCUT2D eigenvalue weighted by Gasteiger charge is 2.58. The van der Waals surface area contributed by atoms with Crippen molar-refractivity contribution >= 4 is 17.7 Å². The molecular formula is C16H19FN2O2S. The number of pyridine rings is 1. The van der Waals surface area contributed by atoms with Gasteiger partial charge < -0.3 is 9.64 Å². The molecule has 22 heavy (non-hydrogen) atoms. The number of alkyl halides is 1. The average molecular weight is 322 g/mol. The van der Waals surface area contributed by atoms with E-state index in [1.807, 2.05) is 30.0 Å². The minimum atomic E-state index is -1.53. The summed E-state index contributed by atoms with van der Waals surface area (Å²) in [5.74, 6) is 0.645. The molecule has 2 aliphatic heterocycles. The fourth-order valence-corrected chi connectivity index (χ4v) is 4.77. The third kappa shape index (κ3) is 2.63. The highest BCUT2D eigenvalue weighted by molar-refractivity contribution is 8.01. The molecule has 2 saturated heterocycles. The minimum absolute atomic E-state index is 0.0929. The Bertz CT molecular complexity index is 573. The zero-order chi connectivity index (χ0) is 15.2. The summed E-state index contributed by atoms with van der Waals surface area (Å²) in [6, 6.07) is 5.80. The van der Waals surface area contributed by atoms with Gasteiger partial charge in [-0.05, 0) is 31.4 Å². The van der Waals surface area contributed by atoms with Crippen LogP contribution in [0.4, 0.5) is 4.39 Å². The summed E-state index contributed by atoms with van der Waals surface area (Å²) in [4.78, 5) is 17.9. The van der Waals surface area contributed by atoms with Crippen LogP contribution in [0, 0.1) is 0 Å². The van der Waals surface area contributed by atoms with E-state index in [0.29, 0.717) is 32.5 Å². The first-order chi connectivity index (χ1) is 10.6. The molecule has 1 spiro atoms. The molecular weight excluding hydrogens is 303 g/mol. The van der Waals surface area contributed by atoms with Crippen molar-refractivity contribution in [3.63, 3.8) is 0 Å². The predicted molar refractivity (Wildman–Crippen MR) is 82.3 cm³/mol. The van der Waals surface area contributed by atoms with Crippen molar-refractivity contribution in [2.75, 3.05) is 18.8 Å². The van der Waals surface area contributed by atoms with Crippen molar-refractivity contribution in [2.24, 2.45) is 0 Å². The molecule has 0 N–H and O–H groups in total. The summed E-state index contributed by atoms with van der Waals surface area (Å²) in [5, 5.41) is 0. The van der Waals surface area contributed by atoms with Crippen molar-refractivity contribution in [1.82, 2.24) is 9.88 Å². The number of hydrogen-bond donors (Lipinski definition) is 0. The Balaban J connectivity index is 1.26. The summed E-state index contributed by atoms with van der Waals surface area (Å²) in [6.07, 6.45) is 3.71. The highest BCUT2D eigenvalue weighted by Crippen LogP contribution is 2.49. The summed E-state index contributed by atoms with van der Waals surface area (Å²) in [5.41, 5.74) is -0.591. The number of amides is 1. The van der Waals surface area contributed by atoms with Gasteiger partial charge in [0.25, 0.3) is 5.91 Å². The Morgan fingerprint density at radius 3 is 2.95 bits per heavy atom. The van der Waals surface area contributed by atoms with Crippen LogP contribution < -0.4 is 0 Å². The maximum Gasteiger partial charge on any atom is 0.260 e. The number of likely N-dealkylation sites (tertiary alicyclic amines) is 1. The number of carbonyl (C=O) groups is 1. The number of halogens is 1. The van der Waals surface area contributed by atoms with E-state index in [-0.39, 0.29) is 16.8 Å². The number of thioether (sulfide) groups is 1. The van der Waals surface area contributed by atoms with E-state index in [4.69, 9.17) is 4.74 Å². The molecule has 1 aromatic heterocycles. The molecule has 1 aliphatic carbocycles. The van der Waals surface area contributed by atoms with E-state index in [1.54, 1.807) is 11.1 Å². The van der Waals surface area contributed by atoms with Gasteiger partial charge in [-0.1, -0.05) is 6.07 Å². The third-order valence-electron chi connectivity index (χ3n) is 4.69. The van der Waals surface area contributed by atoms with E-state index in [0.717, 1.165) is 17.9 Å². The number of carbonyl (C=O) groups excluding carboxylic acids is 1. The largest absolute Gasteiger partial charge is 0.371 e. The molecule has 3 aliphatic rings. The van der Waals surface area contributed by atoms with Crippen LogP contribution in [-0.2, 0) is 16.1 Å². The van der Waals surface area contributed by atoms with Crippen molar-refractivity contribution in [2.45, 2.75) is 42.4 Å². The van der Waals surface area contributed by atoms with Crippen molar-refractivity contribution in [3.05, 3.63) is 30.1 Å². The summed E-state index contributed by atoms with van der Waals surface area (Å²) in [6.45, 7) is 1.87. The summed E-state index contributed by atoms with van der Waals surface area (Å²) >= 11 is 1.87. The van der Waals surface area contributed by atoms with Gasteiger partial charge in [0, 0.05) is 25.0 Å². The molecule has 0 radical (unpaired) electrons. The zero-order valence-corrected chi connectivity index (χ0v) is 13.2. The SMILES string of the molecule is O=C(N1CC2(CC(OCc3ccccn3)CS2)C1)C1(F)CC1. The van der Waals surface area contributed by atoms with E-state index in [1.165, 1.54) is 0 Å². The Labute approximate surface area is 133 Å². The van der Waals surface area contributed by atoms with Gasteiger partial charge in [-0.3, -0.25) is 9.78 Å². The highest BCUT2D eigenvalue weighted by atomic mass is 32.2. The molecule has 3 fully saturated rings. The second kappa shape index (κ2) is 5.20. The Morgan fingerprint density at radius 2 is 2.27 bits per heavy atom. The zero-order valence-electron chi connectivity index (χ0n) is 12.3. The van der Waals surface area contributed by atoms with Gasteiger partial charge >= 0.3 is 0 Å². The van der Waals surface area contributed by atoms with Crippen molar-refractivity contribution in [1.29, 1.82) is 0 Å². The third-order valence-corrected chi connectivity index (χ3v) is 6.26. The van der Waals surface area contributed by atoms with Crippen LogP contribution in [0.2, 0.25) is 0 Å². The van der Waals surface area contributed by atoms with E-state index in [9.17, 15) is 9.18 Å². The lowest BCUT2D eigenvalue weighted by molar-refractivity contribution is -0.144. The fourth-order valence-electron chi connectivity index (χ4n) is 3.22. The number of rotatable bonds is 4. The average Bonchev–Trinajstić information content (AvgIpc) is 3.11. The molecule has 4 rings (SSSR count). The molecule has 3 heterocycles. The molecule has 0 aromatic carbocycles. The predicted octanol–water partition coefficient (Wildman–Crippen LogP) is 2.19. The number of hydrogen-bond acceptors (Lipinski definition) is 4. The monoisotopic (exact) mass is 322 g/mol. The molecule has 0 bridgehead atoms. The molecule has 1 aromatic rings. The molecule has 1 amide bonds. The second-order valence-corrected chi connectivity index (χ2v) is 8.07. The smallest absolute Gasteiger partial charge is 0.260 e. The van der Waals surface area contributed by atoms with Gasteiger partial charge in [0.1, 0.15) is 0 Å². The van der Waals surface area contributed by atoms with Gasteiger partial charge in [-0.2, -0.15) is 0 Å². The first-order valence-electron chi connectivity index (χ1n) is 7.72. The molecule has 1 unspecified atom stereocenters. The maximum absolute atomic E-state index is 13.8. The van der Waals surface area contributed by atoms with Gasteiger partial charge in [0.2, 0.25) is 0 Å². The minimum Gasteiger partial charge on any atom is -0.371 e. The van der Waals surface area contributed by atoms with Gasteiger partial charge in [0.15, 0.2) is 5.67 Å². The standard InChI is InChI=1S/C16H19FN2O2S/c17-16(4-5-16)14(20)19-10-15(11-19)7-13(9-22-15)21-8-12-3-1-2-6-18-12/h1-3,6,13H,4-5,7-11H2. The molecule has 1 saturated carbocycles. The van der Waals surface area contributed by atoms with E-state index in [2.05, 4.69) is 4.98 Å². The topological polar surface area (TPSA) is 42.4 Å². The van der Waals surface area contributed by atoms with Crippen LogP contribution in [0.15, 0.2) is 24.4 Å². The number of aromatic nitrogens is 1. The van der Waals surface area contributed by atoms with Crippen LogP contribution in [0.3, 0.4) is 0 Å². The van der Waals surface area contributed by atoms with Crippen molar-refractivity contribution in [3.8, 4) is 0 Å². The number of nitrogens with zero attached hydrogens (tertiary/aromatic N) is 2. The van der Waals surface area contributed by atoms with Crippen LogP contribution in [0.25, 0.3) is 0 Å². The van der Waals surface area contributed by atoms with Crippen LogP contribution in [0.5, 0.6) is 0 Å². The van der Waals surface area contributed by atoms with E-state index < -0.39 is 5.67 Å². The molecule has 6 heteroatoms. The normalized spacial score (nSPS) is 27.7. The summed E-state index contributed by atoms with van der Waals surface area (Å²) < 4.78 is 19.8. The molecule has 118 valence electrons. The lowest BCUT2D eigenvalue weighted by Gasteiger charge is -2.48. The van der Waals surface area contributed by atoms with Gasteiger partial charge in [-0.15, -0.1) is 11.8 Å². The lowest BCUT2D eigenvalue weighted by atomic mass is 9.92. The van der Waals surface area contributed by atoms with Crippen LogP contribution in [0.1, 0.15) is 25.0 Å².